The van der Waals surface area contributed by atoms with Gasteiger partial charge < -0.3 is 31.3 Å². The van der Waals surface area contributed by atoms with E-state index in [4.69, 9.17) is 31.3 Å². The van der Waals surface area contributed by atoms with Gasteiger partial charge in [0.25, 0.3) is 0 Å². The van der Waals surface area contributed by atoms with Gasteiger partial charge in [0.05, 0.1) is 23.4 Å². The van der Waals surface area contributed by atoms with E-state index in [1.54, 1.807) is 28.4 Å². The fraction of sp³-hybridized carbons (Fsp3) is 1.00. The quantitative estimate of drug-likeness (QED) is 0.334. The zero-order valence-electron chi connectivity index (χ0n) is 18.5. The van der Waals surface area contributed by atoms with E-state index in [2.05, 4.69) is 0 Å². The fourth-order valence-electron chi connectivity index (χ4n) is 5.66. The SMILES string of the molecule is CO[Si](CCC12CCCCC1O2)(CCC12CCCCC1O2)O[Si](OC)(OC)OC. The summed E-state index contributed by atoms with van der Waals surface area (Å²) in [7, 11) is 0.687. The highest BCUT2D eigenvalue weighted by atomic mass is 28.5. The molecule has 4 atom stereocenters. The van der Waals surface area contributed by atoms with E-state index in [1.807, 2.05) is 0 Å². The molecule has 0 aromatic carbocycles. The lowest BCUT2D eigenvalue weighted by Crippen LogP contribution is -2.58. The molecular weight excluding hydrogens is 408 g/mol. The van der Waals surface area contributed by atoms with Gasteiger partial charge in [0.15, 0.2) is 0 Å². The second kappa shape index (κ2) is 8.59. The molecule has 0 radical (unpaired) electrons. The van der Waals surface area contributed by atoms with Crippen LogP contribution in [0.5, 0.6) is 0 Å². The van der Waals surface area contributed by atoms with Crippen molar-refractivity contribution in [2.24, 2.45) is 0 Å². The minimum atomic E-state index is -3.21. The first-order valence-corrected chi connectivity index (χ1v) is 15.1. The van der Waals surface area contributed by atoms with Gasteiger partial charge in [-0.3, -0.25) is 0 Å². The first-order chi connectivity index (χ1) is 14.0. The summed E-state index contributed by atoms with van der Waals surface area (Å²) in [6.07, 6.45) is 12.6. The van der Waals surface area contributed by atoms with Crippen LogP contribution in [0.3, 0.4) is 0 Å². The zero-order chi connectivity index (χ0) is 20.6. The van der Waals surface area contributed by atoms with Crippen molar-refractivity contribution in [3.8, 4) is 0 Å². The Labute approximate surface area is 177 Å². The highest BCUT2D eigenvalue weighted by molar-refractivity contribution is 6.76. The molecule has 7 nitrogen and oxygen atoms in total. The van der Waals surface area contributed by atoms with E-state index in [9.17, 15) is 0 Å². The molecule has 4 rings (SSSR count). The topological polar surface area (TPSA) is 71.2 Å². The van der Waals surface area contributed by atoms with Gasteiger partial charge in [-0.25, -0.2) is 0 Å². The molecule has 0 spiro atoms. The Morgan fingerprint density at radius 1 is 0.724 bits per heavy atom. The van der Waals surface area contributed by atoms with Crippen LogP contribution in [0.4, 0.5) is 0 Å². The number of ether oxygens (including phenoxy) is 2. The van der Waals surface area contributed by atoms with Crippen LogP contribution in [-0.4, -0.2) is 69.5 Å². The van der Waals surface area contributed by atoms with E-state index in [-0.39, 0.29) is 11.2 Å². The third-order valence-electron chi connectivity index (χ3n) is 7.74. The Kier molecular flexibility index (Phi) is 6.62. The molecule has 0 aromatic heterocycles. The van der Waals surface area contributed by atoms with Gasteiger partial charge in [-0.2, -0.15) is 0 Å². The molecule has 2 aliphatic heterocycles. The molecule has 2 aliphatic carbocycles. The van der Waals surface area contributed by atoms with Crippen LogP contribution in [0.15, 0.2) is 0 Å². The van der Waals surface area contributed by atoms with Crippen LogP contribution < -0.4 is 0 Å². The highest BCUT2D eigenvalue weighted by Gasteiger charge is 2.62. The second-order valence-corrected chi connectivity index (χ2v) is 15.4. The molecule has 2 saturated carbocycles. The molecule has 2 heterocycles. The van der Waals surface area contributed by atoms with Crippen molar-refractivity contribution in [1.29, 1.82) is 0 Å². The van der Waals surface area contributed by atoms with Crippen molar-refractivity contribution in [2.75, 3.05) is 28.4 Å². The molecule has 4 aliphatic rings. The van der Waals surface area contributed by atoms with Crippen molar-refractivity contribution < 1.29 is 31.3 Å². The third-order valence-corrected chi connectivity index (χ3v) is 14.5. The lowest BCUT2D eigenvalue weighted by molar-refractivity contribution is 0.0347. The van der Waals surface area contributed by atoms with Crippen molar-refractivity contribution in [3.63, 3.8) is 0 Å². The Balaban J connectivity index is 1.46. The maximum Gasteiger partial charge on any atom is 0.669 e. The van der Waals surface area contributed by atoms with Gasteiger partial charge in [0.1, 0.15) is 0 Å². The van der Waals surface area contributed by atoms with Gasteiger partial charge in [-0.1, -0.05) is 25.7 Å². The number of fused-ring (bicyclic) bond motifs is 2. The van der Waals surface area contributed by atoms with Gasteiger partial charge >= 0.3 is 17.6 Å². The largest absolute Gasteiger partial charge is 0.669 e. The van der Waals surface area contributed by atoms with Gasteiger partial charge in [0.2, 0.25) is 0 Å². The maximum atomic E-state index is 6.61. The van der Waals surface area contributed by atoms with E-state index in [0.29, 0.717) is 12.2 Å². The van der Waals surface area contributed by atoms with Crippen molar-refractivity contribution >= 4 is 17.6 Å². The number of epoxide rings is 2. The van der Waals surface area contributed by atoms with Crippen LogP contribution in [0, 0.1) is 0 Å². The standard InChI is InChI=1S/C20H38O7Si2/c1-21-28(27-29(22-2,23-3)24-4,15-13-19-11-7-5-9-17(19)25-19)16-14-20-12-8-6-10-18(20)26-20/h17-18H,5-16H2,1-4H3. The fourth-order valence-corrected chi connectivity index (χ4v) is 12.4. The molecule has 9 heteroatoms. The summed E-state index contributed by atoms with van der Waals surface area (Å²) >= 11 is 0. The lowest BCUT2D eigenvalue weighted by Gasteiger charge is -2.37. The Morgan fingerprint density at radius 2 is 1.21 bits per heavy atom. The summed E-state index contributed by atoms with van der Waals surface area (Å²) in [5.41, 5.74) is 0.106. The van der Waals surface area contributed by atoms with Crippen LogP contribution in [0.25, 0.3) is 0 Å². The summed E-state index contributed by atoms with van der Waals surface area (Å²) < 4.78 is 41.9. The van der Waals surface area contributed by atoms with E-state index >= 15 is 0 Å². The highest BCUT2D eigenvalue weighted by Crippen LogP contribution is 2.54. The van der Waals surface area contributed by atoms with Crippen molar-refractivity contribution in [3.05, 3.63) is 0 Å². The minimum Gasteiger partial charge on any atom is -0.398 e. The summed E-state index contributed by atoms with van der Waals surface area (Å²) in [5.74, 6) is 0. The van der Waals surface area contributed by atoms with E-state index in [1.165, 1.54) is 38.5 Å². The third kappa shape index (κ3) is 4.40. The molecule has 168 valence electrons. The van der Waals surface area contributed by atoms with Crippen molar-refractivity contribution in [2.45, 2.75) is 99.7 Å². The Bertz CT molecular complexity index is 533. The molecule has 0 bridgehead atoms. The maximum absolute atomic E-state index is 6.61. The molecule has 4 unspecified atom stereocenters. The number of hydrogen-bond donors (Lipinski definition) is 0. The lowest BCUT2D eigenvalue weighted by atomic mass is 9.87. The van der Waals surface area contributed by atoms with Gasteiger partial charge in [-0.15, -0.1) is 0 Å². The van der Waals surface area contributed by atoms with Crippen molar-refractivity contribution in [1.82, 2.24) is 0 Å². The second-order valence-electron chi connectivity index (χ2n) is 9.16. The van der Waals surface area contributed by atoms with Crippen LogP contribution in [0.2, 0.25) is 12.1 Å². The molecular formula is C20H38O7Si2. The monoisotopic (exact) mass is 446 g/mol. The first kappa shape index (κ1) is 22.4. The molecule has 0 aromatic rings. The Morgan fingerprint density at radius 3 is 1.59 bits per heavy atom. The van der Waals surface area contributed by atoms with Gasteiger partial charge in [0, 0.05) is 28.4 Å². The Hall–Kier alpha value is 0.154. The first-order valence-electron chi connectivity index (χ1n) is 11.3. The molecule has 0 N–H and O–H groups in total. The van der Waals surface area contributed by atoms with Crippen LogP contribution in [-0.2, 0) is 31.3 Å². The zero-order valence-corrected chi connectivity index (χ0v) is 20.5. The summed E-state index contributed by atoms with van der Waals surface area (Å²) in [4.78, 5) is 0. The number of hydrogen-bond acceptors (Lipinski definition) is 7. The summed E-state index contributed by atoms with van der Waals surface area (Å²) in [6, 6.07) is 1.73. The number of rotatable bonds is 12. The van der Waals surface area contributed by atoms with E-state index in [0.717, 1.165) is 37.8 Å². The average Bonchev–Trinajstić information content (AvgIpc) is 3.67. The van der Waals surface area contributed by atoms with Crippen LogP contribution in [0.1, 0.15) is 64.2 Å². The predicted molar refractivity (Wildman–Crippen MR) is 112 cm³/mol. The van der Waals surface area contributed by atoms with Crippen LogP contribution >= 0.6 is 0 Å². The molecule has 29 heavy (non-hydrogen) atoms. The van der Waals surface area contributed by atoms with Gasteiger partial charge in [-0.05, 0) is 50.6 Å². The summed E-state index contributed by atoms with van der Waals surface area (Å²) in [5, 5.41) is 0. The molecule has 0 amide bonds. The predicted octanol–water partition coefficient (Wildman–Crippen LogP) is 3.67. The molecule has 2 saturated heterocycles. The van der Waals surface area contributed by atoms with E-state index < -0.39 is 17.6 Å². The average molecular weight is 447 g/mol. The normalized spacial score (nSPS) is 38.1. The smallest absolute Gasteiger partial charge is 0.398 e. The summed E-state index contributed by atoms with van der Waals surface area (Å²) in [6.45, 7) is 0. The minimum absolute atomic E-state index is 0.0531. The molecule has 4 fully saturated rings.